The van der Waals surface area contributed by atoms with Crippen molar-refractivity contribution in [2.24, 2.45) is 0 Å². The fraction of sp³-hybridized carbons (Fsp3) is 0.217. The second kappa shape index (κ2) is 9.71. The van der Waals surface area contributed by atoms with Crippen LogP contribution in [0.15, 0.2) is 60.8 Å². The van der Waals surface area contributed by atoms with Crippen LogP contribution in [0.3, 0.4) is 0 Å². The number of hydrogen-bond donors (Lipinski definition) is 1. The van der Waals surface area contributed by atoms with Gasteiger partial charge in [0.25, 0.3) is 11.8 Å². The highest BCUT2D eigenvalue weighted by Crippen LogP contribution is 2.23. The Balaban J connectivity index is 2.07. The Bertz CT molecular complexity index is 1090. The van der Waals surface area contributed by atoms with Gasteiger partial charge in [-0.1, -0.05) is 30.3 Å². The van der Waals surface area contributed by atoms with Crippen molar-refractivity contribution in [3.8, 4) is 5.69 Å². The molecule has 0 fully saturated rings. The summed E-state index contributed by atoms with van der Waals surface area (Å²) < 4.78 is 6.28. The van der Waals surface area contributed by atoms with Gasteiger partial charge in [0.15, 0.2) is 0 Å². The van der Waals surface area contributed by atoms with E-state index in [1.165, 1.54) is 30.1 Å². The predicted molar refractivity (Wildman–Crippen MR) is 117 cm³/mol. The molecule has 8 heteroatoms. The lowest BCUT2D eigenvalue weighted by Gasteiger charge is -2.19. The van der Waals surface area contributed by atoms with Gasteiger partial charge in [-0.3, -0.25) is 9.59 Å². The zero-order chi connectivity index (χ0) is 22.4. The highest BCUT2D eigenvalue weighted by molar-refractivity contribution is 6.12. The first-order chi connectivity index (χ1) is 15.0. The normalized spacial score (nSPS) is 10.4. The Morgan fingerprint density at radius 3 is 2.16 bits per heavy atom. The average molecular weight is 420 g/mol. The third-order valence-corrected chi connectivity index (χ3v) is 4.86. The van der Waals surface area contributed by atoms with Crippen LogP contribution in [0.25, 0.3) is 5.69 Å². The highest BCUT2D eigenvalue weighted by Gasteiger charge is 2.25. The van der Waals surface area contributed by atoms with E-state index in [0.717, 1.165) is 0 Å². The van der Waals surface area contributed by atoms with Gasteiger partial charge in [-0.2, -0.15) is 5.10 Å². The molecule has 0 bridgehead atoms. The van der Waals surface area contributed by atoms with Crippen molar-refractivity contribution >= 4 is 23.6 Å². The van der Waals surface area contributed by atoms with Crippen molar-refractivity contribution in [2.75, 3.05) is 25.5 Å². The summed E-state index contributed by atoms with van der Waals surface area (Å²) in [5.41, 5.74) is 1.20. The molecule has 2 aromatic carbocycles. The summed E-state index contributed by atoms with van der Waals surface area (Å²) in [5.74, 6) is -1.19. The molecule has 0 saturated heterocycles. The maximum Gasteiger partial charge on any atom is 0.338 e. The third kappa shape index (κ3) is 4.48. The van der Waals surface area contributed by atoms with Crippen LogP contribution in [0.5, 0.6) is 0 Å². The molecule has 2 amide bonds. The molecule has 0 spiro atoms. The second-order valence-corrected chi connectivity index (χ2v) is 6.62. The first kappa shape index (κ1) is 21.8. The average Bonchev–Trinajstić information content (AvgIpc) is 3.23. The molecule has 160 valence electrons. The van der Waals surface area contributed by atoms with Crippen LogP contribution >= 0.6 is 0 Å². The molecular weight excluding hydrogens is 396 g/mol. The van der Waals surface area contributed by atoms with Gasteiger partial charge in [-0.15, -0.1) is 0 Å². The van der Waals surface area contributed by atoms with E-state index >= 15 is 0 Å². The fourth-order valence-corrected chi connectivity index (χ4v) is 3.22. The minimum atomic E-state index is -0.623. The molecule has 3 aromatic rings. The van der Waals surface area contributed by atoms with Gasteiger partial charge in [0.1, 0.15) is 11.4 Å². The Kier molecular flexibility index (Phi) is 6.81. The van der Waals surface area contributed by atoms with E-state index in [1.54, 1.807) is 17.0 Å². The van der Waals surface area contributed by atoms with Crippen molar-refractivity contribution in [3.05, 3.63) is 77.5 Å². The van der Waals surface area contributed by atoms with Gasteiger partial charge in [0.05, 0.1) is 30.1 Å². The van der Waals surface area contributed by atoms with Gasteiger partial charge >= 0.3 is 5.97 Å². The molecular formula is C23H24N4O4. The summed E-state index contributed by atoms with van der Waals surface area (Å²) in [6, 6.07) is 15.5. The van der Waals surface area contributed by atoms with Crippen molar-refractivity contribution in [1.29, 1.82) is 0 Å². The number of esters is 1. The molecule has 1 N–H and O–H groups in total. The topological polar surface area (TPSA) is 93.5 Å². The lowest BCUT2D eigenvalue weighted by Crippen LogP contribution is -2.31. The molecule has 0 unspecified atom stereocenters. The highest BCUT2D eigenvalue weighted by atomic mass is 16.5. The molecule has 8 nitrogen and oxygen atoms in total. The van der Waals surface area contributed by atoms with Crippen molar-refractivity contribution in [1.82, 2.24) is 14.7 Å². The molecule has 0 aliphatic rings. The lowest BCUT2D eigenvalue weighted by molar-refractivity contribution is 0.0597. The smallest absolute Gasteiger partial charge is 0.338 e. The van der Waals surface area contributed by atoms with E-state index < -0.39 is 11.9 Å². The summed E-state index contributed by atoms with van der Waals surface area (Å²) in [7, 11) is 1.25. The monoisotopic (exact) mass is 420 g/mol. The van der Waals surface area contributed by atoms with Gasteiger partial charge in [-0.05, 0) is 38.1 Å². The minimum Gasteiger partial charge on any atom is -0.465 e. The van der Waals surface area contributed by atoms with Crippen molar-refractivity contribution in [2.45, 2.75) is 13.8 Å². The summed E-state index contributed by atoms with van der Waals surface area (Å²) in [5, 5.41) is 7.13. The van der Waals surface area contributed by atoms with Crippen molar-refractivity contribution in [3.63, 3.8) is 0 Å². The van der Waals surface area contributed by atoms with Crippen molar-refractivity contribution < 1.29 is 19.1 Å². The third-order valence-electron chi connectivity index (χ3n) is 4.86. The number of para-hydroxylation sites is 1. The summed E-state index contributed by atoms with van der Waals surface area (Å²) in [4.78, 5) is 39.9. The summed E-state index contributed by atoms with van der Waals surface area (Å²) >= 11 is 0. The largest absolute Gasteiger partial charge is 0.465 e. The Labute approximate surface area is 180 Å². The van der Waals surface area contributed by atoms with Gasteiger partial charge in [0, 0.05) is 13.1 Å². The maximum absolute atomic E-state index is 13.1. The molecule has 31 heavy (non-hydrogen) atoms. The van der Waals surface area contributed by atoms with E-state index in [-0.39, 0.29) is 28.4 Å². The fourth-order valence-electron chi connectivity index (χ4n) is 3.22. The van der Waals surface area contributed by atoms with Crippen LogP contribution in [0.4, 0.5) is 5.82 Å². The van der Waals surface area contributed by atoms with E-state index in [0.29, 0.717) is 18.8 Å². The quantitative estimate of drug-likeness (QED) is 0.592. The Hall–Kier alpha value is -3.94. The van der Waals surface area contributed by atoms with E-state index in [2.05, 4.69) is 10.4 Å². The van der Waals surface area contributed by atoms with E-state index in [1.807, 2.05) is 44.2 Å². The number of carbonyl (C=O) groups is 3. The van der Waals surface area contributed by atoms with Crippen LogP contribution in [0.1, 0.15) is 44.9 Å². The zero-order valence-electron chi connectivity index (χ0n) is 17.7. The second-order valence-electron chi connectivity index (χ2n) is 6.62. The number of amides is 2. The molecule has 0 aliphatic carbocycles. The summed E-state index contributed by atoms with van der Waals surface area (Å²) in [6.07, 6.45) is 1.44. The molecule has 0 saturated carbocycles. The van der Waals surface area contributed by atoms with Gasteiger partial charge < -0.3 is 15.0 Å². The van der Waals surface area contributed by atoms with E-state index in [4.69, 9.17) is 4.74 Å². The van der Waals surface area contributed by atoms with Crippen LogP contribution in [-0.4, -0.2) is 52.7 Å². The Morgan fingerprint density at radius 1 is 0.935 bits per heavy atom. The van der Waals surface area contributed by atoms with Crippen LogP contribution in [0.2, 0.25) is 0 Å². The molecule has 3 rings (SSSR count). The van der Waals surface area contributed by atoms with E-state index in [9.17, 15) is 14.4 Å². The van der Waals surface area contributed by atoms with Crippen LogP contribution in [-0.2, 0) is 4.74 Å². The first-order valence-corrected chi connectivity index (χ1v) is 9.93. The number of aromatic nitrogens is 2. The molecule has 0 atom stereocenters. The number of hydrogen-bond acceptors (Lipinski definition) is 5. The number of nitrogens with one attached hydrogen (secondary N) is 1. The zero-order valence-corrected chi connectivity index (χ0v) is 17.7. The number of rotatable bonds is 7. The number of methoxy groups -OCH3 is 1. The van der Waals surface area contributed by atoms with Crippen LogP contribution in [0, 0.1) is 0 Å². The van der Waals surface area contributed by atoms with Gasteiger partial charge in [0.2, 0.25) is 0 Å². The van der Waals surface area contributed by atoms with Gasteiger partial charge in [-0.25, -0.2) is 9.48 Å². The SMILES string of the molecule is CCN(CC)C(=O)c1cnn(-c2ccccc2)c1NC(=O)c1ccccc1C(=O)OC. The predicted octanol–water partition coefficient (Wildman–Crippen LogP) is 3.39. The number of ether oxygens (including phenoxy) is 1. The number of nitrogens with zero attached hydrogens (tertiary/aromatic N) is 3. The van der Waals surface area contributed by atoms with Crippen LogP contribution < -0.4 is 5.32 Å². The molecule has 0 aliphatic heterocycles. The number of anilines is 1. The first-order valence-electron chi connectivity index (χ1n) is 9.93. The Morgan fingerprint density at radius 2 is 1.55 bits per heavy atom. The molecule has 0 radical (unpaired) electrons. The standard InChI is InChI=1S/C23H24N4O4/c1-4-26(5-2)22(29)19-15-24-27(16-11-7-6-8-12-16)20(19)25-21(28)17-13-9-10-14-18(17)23(30)31-3/h6-15H,4-5H2,1-3H3,(H,25,28). The summed E-state index contributed by atoms with van der Waals surface area (Å²) in [6.45, 7) is 4.80. The number of carbonyl (C=O) groups excluding carboxylic acids is 3. The minimum absolute atomic E-state index is 0.130. The maximum atomic E-state index is 13.1. The molecule has 1 aromatic heterocycles. The molecule has 1 heterocycles. The number of benzene rings is 2. The lowest BCUT2D eigenvalue weighted by atomic mass is 10.1.